The minimum Gasteiger partial charge on any atom is -0.481 e. The van der Waals surface area contributed by atoms with Crippen LogP contribution in [-0.4, -0.2) is 35.5 Å². The smallest absolute Gasteiger partial charge is 0.306 e. The van der Waals surface area contributed by atoms with Gasteiger partial charge in [-0.3, -0.25) is 9.59 Å². The molecular weight excluding hydrogens is 208 g/mol. The Bertz CT molecular complexity index is 322. The molecule has 1 saturated carbocycles. The van der Waals surface area contributed by atoms with Gasteiger partial charge in [-0.25, -0.2) is 0 Å². The lowest BCUT2D eigenvalue weighted by atomic mass is 10.0. The van der Waals surface area contributed by atoms with Crippen LogP contribution in [0, 0.1) is 23.2 Å². The molecule has 1 amide bonds. The van der Waals surface area contributed by atoms with Crippen molar-refractivity contribution in [2.24, 2.45) is 11.8 Å². The van der Waals surface area contributed by atoms with Gasteiger partial charge in [0.05, 0.1) is 18.4 Å². The molecule has 1 fully saturated rings. The second-order valence-electron chi connectivity index (χ2n) is 4.21. The maximum Gasteiger partial charge on any atom is 0.306 e. The zero-order valence-corrected chi connectivity index (χ0v) is 9.35. The first-order valence-corrected chi connectivity index (χ1v) is 5.41. The third-order valence-corrected chi connectivity index (χ3v) is 3.07. The van der Waals surface area contributed by atoms with Crippen LogP contribution >= 0.6 is 0 Å². The number of carbonyl (C=O) groups excluding carboxylic acids is 1. The molecule has 5 heteroatoms. The van der Waals surface area contributed by atoms with E-state index in [2.05, 4.69) is 0 Å². The number of carboxylic acid groups (broad SMARTS) is 1. The molecule has 1 aliphatic rings. The molecule has 16 heavy (non-hydrogen) atoms. The van der Waals surface area contributed by atoms with E-state index < -0.39 is 5.97 Å². The highest BCUT2D eigenvalue weighted by Crippen LogP contribution is 2.32. The summed E-state index contributed by atoms with van der Waals surface area (Å²) in [5.41, 5.74) is 0. The second-order valence-corrected chi connectivity index (χ2v) is 4.21. The molecular formula is C11H16N2O3. The third-order valence-electron chi connectivity index (χ3n) is 3.07. The summed E-state index contributed by atoms with van der Waals surface area (Å²) in [5, 5.41) is 17.2. The molecule has 0 unspecified atom stereocenters. The first-order chi connectivity index (χ1) is 7.56. The fraction of sp³-hybridized carbons (Fsp3) is 0.727. The van der Waals surface area contributed by atoms with Crippen LogP contribution in [0.1, 0.15) is 25.7 Å². The average molecular weight is 224 g/mol. The molecule has 88 valence electrons. The van der Waals surface area contributed by atoms with Gasteiger partial charge in [-0.1, -0.05) is 0 Å². The Kier molecular flexibility index (Phi) is 4.29. The van der Waals surface area contributed by atoms with Crippen LogP contribution in [0.5, 0.6) is 0 Å². The van der Waals surface area contributed by atoms with E-state index in [4.69, 9.17) is 10.4 Å². The first-order valence-electron chi connectivity index (χ1n) is 5.41. The van der Waals surface area contributed by atoms with E-state index in [1.54, 1.807) is 7.05 Å². The van der Waals surface area contributed by atoms with Crippen molar-refractivity contribution in [3.63, 3.8) is 0 Å². The maximum absolute atomic E-state index is 11.8. The van der Waals surface area contributed by atoms with Crippen molar-refractivity contribution in [1.29, 1.82) is 5.26 Å². The topological polar surface area (TPSA) is 81.4 Å². The second kappa shape index (κ2) is 5.50. The van der Waals surface area contributed by atoms with Crippen LogP contribution < -0.4 is 0 Å². The van der Waals surface area contributed by atoms with Crippen LogP contribution in [-0.2, 0) is 9.59 Å². The Morgan fingerprint density at radius 3 is 2.56 bits per heavy atom. The Balaban J connectivity index is 2.44. The van der Waals surface area contributed by atoms with Crippen molar-refractivity contribution in [3.05, 3.63) is 0 Å². The van der Waals surface area contributed by atoms with Gasteiger partial charge in [0.1, 0.15) is 0 Å². The molecule has 1 N–H and O–H groups in total. The Morgan fingerprint density at radius 1 is 1.44 bits per heavy atom. The zero-order chi connectivity index (χ0) is 12.1. The van der Waals surface area contributed by atoms with E-state index in [-0.39, 0.29) is 17.7 Å². The predicted octanol–water partition coefficient (Wildman–Crippen LogP) is 0.859. The molecule has 2 atom stereocenters. The molecule has 0 aromatic carbocycles. The predicted molar refractivity (Wildman–Crippen MR) is 56.3 cm³/mol. The minimum absolute atomic E-state index is 0.0287. The number of carbonyl (C=O) groups is 2. The molecule has 5 nitrogen and oxygen atoms in total. The minimum atomic E-state index is -0.810. The largest absolute Gasteiger partial charge is 0.481 e. The van der Waals surface area contributed by atoms with E-state index in [0.717, 1.165) is 0 Å². The number of hydrogen-bond acceptors (Lipinski definition) is 3. The number of rotatable bonds is 4. The van der Waals surface area contributed by atoms with Crippen LogP contribution in [0.2, 0.25) is 0 Å². The summed E-state index contributed by atoms with van der Waals surface area (Å²) in [7, 11) is 1.66. The van der Waals surface area contributed by atoms with Crippen LogP contribution in [0.4, 0.5) is 0 Å². The number of nitrogens with zero attached hydrogens (tertiary/aromatic N) is 2. The SMILES string of the molecule is CN(CCC#N)C(=O)[C@@H]1CC[C@H](C(=O)O)C1. The highest BCUT2D eigenvalue weighted by atomic mass is 16.4. The lowest BCUT2D eigenvalue weighted by molar-refractivity contribution is -0.141. The number of aliphatic carboxylic acids is 1. The number of nitriles is 1. The van der Waals surface area contributed by atoms with E-state index >= 15 is 0 Å². The van der Waals surface area contributed by atoms with Crippen molar-refractivity contribution in [2.45, 2.75) is 25.7 Å². The molecule has 0 aromatic rings. The first kappa shape index (κ1) is 12.5. The highest BCUT2D eigenvalue weighted by Gasteiger charge is 2.34. The molecule has 0 aliphatic heterocycles. The third kappa shape index (κ3) is 2.96. The summed E-state index contributed by atoms with van der Waals surface area (Å²) in [6.07, 6.45) is 1.98. The molecule has 0 radical (unpaired) electrons. The number of hydrogen-bond donors (Lipinski definition) is 1. The normalized spacial score (nSPS) is 23.8. The molecule has 0 spiro atoms. The summed E-state index contributed by atoms with van der Waals surface area (Å²) in [4.78, 5) is 24.1. The van der Waals surface area contributed by atoms with Gasteiger partial charge in [-0.2, -0.15) is 5.26 Å². The Hall–Kier alpha value is -1.57. The van der Waals surface area contributed by atoms with Crippen molar-refractivity contribution in [2.75, 3.05) is 13.6 Å². The molecule has 0 heterocycles. The van der Waals surface area contributed by atoms with Crippen LogP contribution in [0.3, 0.4) is 0 Å². The van der Waals surface area contributed by atoms with Gasteiger partial charge < -0.3 is 10.0 Å². The molecule has 1 rings (SSSR count). The number of amides is 1. The zero-order valence-electron chi connectivity index (χ0n) is 9.35. The van der Waals surface area contributed by atoms with Gasteiger partial charge in [0, 0.05) is 19.5 Å². The summed E-state index contributed by atoms with van der Waals surface area (Å²) >= 11 is 0. The van der Waals surface area contributed by atoms with E-state index in [1.807, 2.05) is 6.07 Å². The average Bonchev–Trinajstić information content (AvgIpc) is 2.74. The maximum atomic E-state index is 11.8. The van der Waals surface area contributed by atoms with Crippen LogP contribution in [0.25, 0.3) is 0 Å². The van der Waals surface area contributed by atoms with Gasteiger partial charge >= 0.3 is 5.97 Å². The summed E-state index contributed by atoms with van der Waals surface area (Å²) in [6.45, 7) is 0.420. The Labute approximate surface area is 94.7 Å². The van der Waals surface area contributed by atoms with E-state index in [1.165, 1.54) is 4.90 Å². The molecule has 1 aliphatic carbocycles. The quantitative estimate of drug-likeness (QED) is 0.767. The fourth-order valence-electron chi connectivity index (χ4n) is 2.07. The Morgan fingerprint density at radius 2 is 2.06 bits per heavy atom. The fourth-order valence-corrected chi connectivity index (χ4v) is 2.07. The lowest BCUT2D eigenvalue weighted by Gasteiger charge is -2.19. The molecule has 0 aromatic heterocycles. The van der Waals surface area contributed by atoms with Crippen molar-refractivity contribution in [3.8, 4) is 6.07 Å². The van der Waals surface area contributed by atoms with Gasteiger partial charge in [-0.15, -0.1) is 0 Å². The van der Waals surface area contributed by atoms with Gasteiger partial charge in [0.25, 0.3) is 0 Å². The van der Waals surface area contributed by atoms with E-state index in [9.17, 15) is 9.59 Å². The van der Waals surface area contributed by atoms with Gasteiger partial charge in [-0.05, 0) is 19.3 Å². The summed E-state index contributed by atoms with van der Waals surface area (Å²) in [6, 6.07) is 1.98. The van der Waals surface area contributed by atoms with Gasteiger partial charge in [0.15, 0.2) is 0 Å². The van der Waals surface area contributed by atoms with E-state index in [0.29, 0.717) is 32.2 Å². The highest BCUT2D eigenvalue weighted by molar-refractivity contribution is 5.80. The summed E-state index contributed by atoms with van der Waals surface area (Å²) in [5.74, 6) is -1.39. The van der Waals surface area contributed by atoms with Gasteiger partial charge in [0.2, 0.25) is 5.91 Å². The standard InChI is InChI=1S/C11H16N2O3/c1-13(6-2-5-12)10(14)8-3-4-9(7-8)11(15)16/h8-9H,2-4,6-7H2,1H3,(H,15,16)/t8-,9+/m1/s1. The van der Waals surface area contributed by atoms with Crippen LogP contribution in [0.15, 0.2) is 0 Å². The monoisotopic (exact) mass is 224 g/mol. The van der Waals surface area contributed by atoms with Crippen molar-refractivity contribution in [1.82, 2.24) is 4.90 Å². The molecule has 0 saturated heterocycles. The lowest BCUT2D eigenvalue weighted by Crippen LogP contribution is -2.32. The van der Waals surface area contributed by atoms with Crippen molar-refractivity contribution < 1.29 is 14.7 Å². The number of carboxylic acids is 1. The molecule has 0 bridgehead atoms. The van der Waals surface area contributed by atoms with Crippen molar-refractivity contribution >= 4 is 11.9 Å². The summed E-state index contributed by atoms with van der Waals surface area (Å²) < 4.78 is 0.